The molecule has 1 heterocycles. The first kappa shape index (κ1) is 11.0. The monoisotopic (exact) mass is 186 g/mol. The average Bonchev–Trinajstić information content (AvgIpc) is 2.14. The number of hydrogen-bond acceptors (Lipinski definition) is 3. The lowest BCUT2D eigenvalue weighted by Gasteiger charge is -2.26. The van der Waals surface area contributed by atoms with E-state index in [9.17, 15) is 0 Å². The highest BCUT2D eigenvalue weighted by atomic mass is 16.5. The van der Waals surface area contributed by atoms with Gasteiger partial charge in [0.1, 0.15) is 0 Å². The van der Waals surface area contributed by atoms with Gasteiger partial charge in [0.05, 0.1) is 13.2 Å². The fraction of sp³-hybridized carbons (Fsp3) is 1.00. The Balaban J connectivity index is 1.92. The van der Waals surface area contributed by atoms with Gasteiger partial charge in [-0.25, -0.2) is 0 Å². The van der Waals surface area contributed by atoms with Gasteiger partial charge in [0.25, 0.3) is 0 Å². The first-order chi connectivity index (χ1) is 6.29. The molecule has 0 aliphatic carbocycles. The summed E-state index contributed by atoms with van der Waals surface area (Å²) in [5.74, 6) is 0. The van der Waals surface area contributed by atoms with Crippen LogP contribution in [0.3, 0.4) is 0 Å². The molecule has 0 spiro atoms. The Hall–Kier alpha value is -0.120. The average molecular weight is 186 g/mol. The number of unbranched alkanes of at least 4 members (excludes halogenated alkanes) is 1. The number of nitrogens with zero attached hydrogens (tertiary/aromatic N) is 2. The zero-order valence-corrected chi connectivity index (χ0v) is 8.96. The van der Waals surface area contributed by atoms with E-state index in [-0.39, 0.29) is 0 Å². The molecule has 0 unspecified atom stereocenters. The summed E-state index contributed by atoms with van der Waals surface area (Å²) in [6, 6.07) is 0. The van der Waals surface area contributed by atoms with E-state index in [1.165, 1.54) is 25.9 Å². The number of rotatable bonds is 5. The SMILES string of the molecule is CN(C)CCCCN1CCOCC1. The summed E-state index contributed by atoms with van der Waals surface area (Å²) in [5.41, 5.74) is 0. The van der Waals surface area contributed by atoms with Gasteiger partial charge in [-0.05, 0) is 40.0 Å². The van der Waals surface area contributed by atoms with Crippen molar-refractivity contribution in [3.63, 3.8) is 0 Å². The van der Waals surface area contributed by atoms with Crippen molar-refractivity contribution < 1.29 is 4.74 Å². The molecule has 0 saturated carbocycles. The second-order valence-corrected chi connectivity index (χ2v) is 3.96. The first-order valence-electron chi connectivity index (χ1n) is 5.24. The van der Waals surface area contributed by atoms with Crippen LogP contribution < -0.4 is 0 Å². The van der Waals surface area contributed by atoms with Crippen molar-refractivity contribution in [2.75, 3.05) is 53.5 Å². The smallest absolute Gasteiger partial charge is 0.0594 e. The molecule has 1 aliphatic heterocycles. The van der Waals surface area contributed by atoms with Gasteiger partial charge in [0.2, 0.25) is 0 Å². The normalized spacial score (nSPS) is 19.6. The van der Waals surface area contributed by atoms with Crippen LogP contribution in [0.4, 0.5) is 0 Å². The van der Waals surface area contributed by atoms with Crippen LogP contribution in [-0.4, -0.2) is 63.3 Å². The van der Waals surface area contributed by atoms with E-state index in [0.717, 1.165) is 26.3 Å². The Labute approximate surface area is 81.7 Å². The van der Waals surface area contributed by atoms with Gasteiger partial charge in [-0.2, -0.15) is 0 Å². The maximum atomic E-state index is 5.29. The van der Waals surface area contributed by atoms with Crippen molar-refractivity contribution in [1.82, 2.24) is 9.80 Å². The summed E-state index contributed by atoms with van der Waals surface area (Å²) in [7, 11) is 4.27. The van der Waals surface area contributed by atoms with Crippen molar-refractivity contribution in [3.8, 4) is 0 Å². The fourth-order valence-corrected chi connectivity index (χ4v) is 1.59. The highest BCUT2D eigenvalue weighted by molar-refractivity contribution is 4.61. The third-order valence-electron chi connectivity index (χ3n) is 2.43. The zero-order chi connectivity index (χ0) is 9.52. The summed E-state index contributed by atoms with van der Waals surface area (Å²) in [6.07, 6.45) is 2.63. The molecular weight excluding hydrogens is 164 g/mol. The molecule has 1 fully saturated rings. The maximum absolute atomic E-state index is 5.29. The number of morpholine rings is 1. The van der Waals surface area contributed by atoms with Crippen LogP contribution in [0, 0.1) is 0 Å². The summed E-state index contributed by atoms with van der Waals surface area (Å²) in [6.45, 7) is 6.56. The molecule has 0 radical (unpaired) electrons. The molecule has 3 heteroatoms. The second kappa shape index (κ2) is 6.35. The predicted molar refractivity (Wildman–Crippen MR) is 55.0 cm³/mol. The van der Waals surface area contributed by atoms with Crippen LogP contribution in [-0.2, 0) is 4.74 Å². The molecule has 0 amide bonds. The lowest BCUT2D eigenvalue weighted by Crippen LogP contribution is -2.37. The minimum Gasteiger partial charge on any atom is -0.379 e. The molecule has 78 valence electrons. The Morgan fingerprint density at radius 3 is 2.46 bits per heavy atom. The van der Waals surface area contributed by atoms with Crippen molar-refractivity contribution in [1.29, 1.82) is 0 Å². The van der Waals surface area contributed by atoms with E-state index >= 15 is 0 Å². The molecule has 0 aromatic carbocycles. The molecule has 0 N–H and O–H groups in total. The van der Waals surface area contributed by atoms with Crippen molar-refractivity contribution in [2.24, 2.45) is 0 Å². The van der Waals surface area contributed by atoms with Gasteiger partial charge in [-0.15, -0.1) is 0 Å². The molecule has 0 bridgehead atoms. The van der Waals surface area contributed by atoms with Gasteiger partial charge < -0.3 is 9.64 Å². The molecule has 3 nitrogen and oxygen atoms in total. The Morgan fingerprint density at radius 2 is 1.85 bits per heavy atom. The van der Waals surface area contributed by atoms with Crippen LogP contribution in [0.15, 0.2) is 0 Å². The molecule has 1 aliphatic rings. The van der Waals surface area contributed by atoms with E-state index in [1.54, 1.807) is 0 Å². The van der Waals surface area contributed by atoms with Crippen molar-refractivity contribution in [2.45, 2.75) is 12.8 Å². The maximum Gasteiger partial charge on any atom is 0.0594 e. The largest absolute Gasteiger partial charge is 0.379 e. The van der Waals surface area contributed by atoms with Gasteiger partial charge in [-0.3, -0.25) is 4.90 Å². The number of ether oxygens (including phenoxy) is 1. The van der Waals surface area contributed by atoms with Gasteiger partial charge in [0, 0.05) is 13.1 Å². The minimum atomic E-state index is 0.924. The topological polar surface area (TPSA) is 15.7 Å². The lowest BCUT2D eigenvalue weighted by atomic mass is 10.2. The second-order valence-electron chi connectivity index (χ2n) is 3.96. The molecule has 1 saturated heterocycles. The van der Waals surface area contributed by atoms with Crippen LogP contribution in [0.5, 0.6) is 0 Å². The van der Waals surface area contributed by atoms with Gasteiger partial charge in [-0.1, -0.05) is 0 Å². The highest BCUT2D eigenvalue weighted by Gasteiger charge is 2.08. The minimum absolute atomic E-state index is 0.924. The molecule has 1 rings (SSSR count). The molecule has 0 aromatic heterocycles. The van der Waals surface area contributed by atoms with E-state index < -0.39 is 0 Å². The van der Waals surface area contributed by atoms with Crippen molar-refractivity contribution >= 4 is 0 Å². The molecule has 0 atom stereocenters. The van der Waals surface area contributed by atoms with Crippen LogP contribution >= 0.6 is 0 Å². The zero-order valence-electron chi connectivity index (χ0n) is 8.96. The van der Waals surface area contributed by atoms with Crippen LogP contribution in [0.1, 0.15) is 12.8 Å². The highest BCUT2D eigenvalue weighted by Crippen LogP contribution is 2.00. The summed E-state index contributed by atoms with van der Waals surface area (Å²) >= 11 is 0. The molecule has 13 heavy (non-hydrogen) atoms. The Kier molecular flexibility index (Phi) is 5.35. The molecule has 0 aromatic rings. The fourth-order valence-electron chi connectivity index (χ4n) is 1.59. The first-order valence-corrected chi connectivity index (χ1v) is 5.24. The quantitative estimate of drug-likeness (QED) is 0.587. The van der Waals surface area contributed by atoms with Crippen LogP contribution in [0.2, 0.25) is 0 Å². The van der Waals surface area contributed by atoms with Gasteiger partial charge in [0.15, 0.2) is 0 Å². The third-order valence-corrected chi connectivity index (χ3v) is 2.43. The molecular formula is C10H22N2O. The Bertz CT molecular complexity index is 122. The summed E-state index contributed by atoms with van der Waals surface area (Å²) < 4.78 is 5.29. The number of hydrogen-bond donors (Lipinski definition) is 0. The Morgan fingerprint density at radius 1 is 1.15 bits per heavy atom. The van der Waals surface area contributed by atoms with E-state index in [1.807, 2.05) is 0 Å². The van der Waals surface area contributed by atoms with E-state index in [4.69, 9.17) is 4.74 Å². The third kappa shape index (κ3) is 5.24. The standard InChI is InChI=1S/C10H22N2O/c1-11(2)5-3-4-6-12-7-9-13-10-8-12/h3-10H2,1-2H3. The van der Waals surface area contributed by atoms with E-state index in [2.05, 4.69) is 23.9 Å². The predicted octanol–water partition coefficient (Wildman–Crippen LogP) is 0.660. The van der Waals surface area contributed by atoms with Crippen LogP contribution in [0.25, 0.3) is 0 Å². The summed E-state index contributed by atoms with van der Waals surface area (Å²) in [5, 5.41) is 0. The lowest BCUT2D eigenvalue weighted by molar-refractivity contribution is 0.0370. The van der Waals surface area contributed by atoms with E-state index in [0.29, 0.717) is 0 Å². The van der Waals surface area contributed by atoms with Crippen molar-refractivity contribution in [3.05, 3.63) is 0 Å². The summed E-state index contributed by atoms with van der Waals surface area (Å²) in [4.78, 5) is 4.75. The van der Waals surface area contributed by atoms with Gasteiger partial charge >= 0.3 is 0 Å².